The molecule has 0 aliphatic carbocycles. The molecule has 0 spiro atoms. The molecule has 0 unspecified atom stereocenters. The lowest BCUT2D eigenvalue weighted by molar-refractivity contribution is -0.136. The van der Waals surface area contributed by atoms with Crippen molar-refractivity contribution in [2.75, 3.05) is 6.54 Å². The highest BCUT2D eigenvalue weighted by atomic mass is 19.4. The maximum Gasteiger partial charge on any atom is 0.514 e. The van der Waals surface area contributed by atoms with Crippen LogP contribution in [0, 0.1) is 0 Å². The van der Waals surface area contributed by atoms with Crippen LogP contribution in [0.3, 0.4) is 0 Å². The first-order chi connectivity index (χ1) is 8.86. The largest absolute Gasteiger partial charge is 0.514 e. The number of carbonyl (C=O) groups is 1. The second-order valence-electron chi connectivity index (χ2n) is 3.62. The van der Waals surface area contributed by atoms with Gasteiger partial charge in [-0.15, -0.1) is 0 Å². The Morgan fingerprint density at radius 3 is 2.63 bits per heavy atom. The molecular formula is C10H12BF3N2O3. The van der Waals surface area contributed by atoms with E-state index in [4.69, 9.17) is 5.73 Å². The lowest BCUT2D eigenvalue weighted by Crippen LogP contribution is -2.44. The summed E-state index contributed by atoms with van der Waals surface area (Å²) in [5.74, 6) is -0.633. The molecule has 0 aromatic heterocycles. The van der Waals surface area contributed by atoms with Gasteiger partial charge in [0.25, 0.3) is 0 Å². The molecule has 4 N–H and O–H groups in total. The molecule has 1 aromatic carbocycles. The Bertz CT molecular complexity index is 442. The fourth-order valence-electron chi connectivity index (χ4n) is 1.34. The first-order valence-electron chi connectivity index (χ1n) is 5.35. The SMILES string of the molecule is NCCC(=O)NOB(O)c1ccccc1C(F)(F)F. The number of rotatable bonds is 5. The molecule has 19 heavy (non-hydrogen) atoms. The topological polar surface area (TPSA) is 84.6 Å². The van der Waals surface area contributed by atoms with Gasteiger partial charge in [-0.25, -0.2) is 5.48 Å². The molecule has 5 nitrogen and oxygen atoms in total. The fraction of sp³-hybridized carbons (Fsp3) is 0.300. The molecule has 0 saturated carbocycles. The Morgan fingerprint density at radius 2 is 2.05 bits per heavy atom. The number of hydrogen-bond acceptors (Lipinski definition) is 4. The number of nitrogens with one attached hydrogen (secondary N) is 1. The normalized spacial score (nSPS) is 11.2. The van der Waals surface area contributed by atoms with Gasteiger partial charge in [0.15, 0.2) is 0 Å². The Hall–Kier alpha value is -1.58. The average Bonchev–Trinajstić information content (AvgIpc) is 2.35. The van der Waals surface area contributed by atoms with E-state index in [1.165, 1.54) is 12.1 Å². The van der Waals surface area contributed by atoms with E-state index in [0.717, 1.165) is 12.1 Å². The van der Waals surface area contributed by atoms with Crippen LogP contribution in [0.2, 0.25) is 0 Å². The van der Waals surface area contributed by atoms with Crippen molar-refractivity contribution < 1.29 is 27.7 Å². The van der Waals surface area contributed by atoms with Gasteiger partial charge < -0.3 is 10.8 Å². The van der Waals surface area contributed by atoms with Crippen molar-refractivity contribution in [3.63, 3.8) is 0 Å². The molecule has 0 saturated heterocycles. The average molecular weight is 276 g/mol. The van der Waals surface area contributed by atoms with Crippen LogP contribution >= 0.6 is 0 Å². The summed E-state index contributed by atoms with van der Waals surface area (Å²) in [4.78, 5) is 11.0. The van der Waals surface area contributed by atoms with Gasteiger partial charge in [-0.3, -0.25) is 9.55 Å². The number of alkyl halides is 3. The minimum absolute atomic E-state index is 0.0599. The Labute approximate surface area is 107 Å². The van der Waals surface area contributed by atoms with Crippen molar-refractivity contribution in [3.8, 4) is 0 Å². The molecule has 1 aromatic rings. The van der Waals surface area contributed by atoms with Gasteiger partial charge in [0, 0.05) is 13.0 Å². The van der Waals surface area contributed by atoms with Gasteiger partial charge in [-0.05, 0) is 5.46 Å². The van der Waals surface area contributed by atoms with Gasteiger partial charge in [0.05, 0.1) is 5.56 Å². The van der Waals surface area contributed by atoms with Crippen LogP contribution < -0.4 is 16.7 Å². The van der Waals surface area contributed by atoms with E-state index in [2.05, 4.69) is 4.76 Å². The number of amides is 1. The molecule has 0 bridgehead atoms. The second kappa shape index (κ2) is 6.55. The molecule has 1 rings (SSSR count). The summed E-state index contributed by atoms with van der Waals surface area (Å²) in [7, 11) is -1.92. The van der Waals surface area contributed by atoms with Gasteiger partial charge in [-0.2, -0.15) is 13.2 Å². The van der Waals surface area contributed by atoms with Crippen LogP contribution in [0.5, 0.6) is 0 Å². The molecule has 0 atom stereocenters. The first kappa shape index (κ1) is 15.5. The lowest BCUT2D eigenvalue weighted by atomic mass is 9.76. The van der Waals surface area contributed by atoms with Crippen LogP contribution in [0.25, 0.3) is 0 Å². The Kier molecular flexibility index (Phi) is 5.34. The van der Waals surface area contributed by atoms with Gasteiger partial charge in [0.2, 0.25) is 5.91 Å². The van der Waals surface area contributed by atoms with Gasteiger partial charge >= 0.3 is 13.3 Å². The third-order valence-electron chi connectivity index (χ3n) is 2.19. The molecule has 0 fully saturated rings. The molecule has 0 aliphatic rings. The Balaban J connectivity index is 2.77. The van der Waals surface area contributed by atoms with E-state index < -0.39 is 30.2 Å². The zero-order chi connectivity index (χ0) is 14.5. The first-order valence-corrected chi connectivity index (χ1v) is 5.35. The lowest BCUT2D eigenvalue weighted by Gasteiger charge is -2.14. The zero-order valence-electron chi connectivity index (χ0n) is 9.78. The van der Waals surface area contributed by atoms with E-state index in [-0.39, 0.29) is 13.0 Å². The third-order valence-corrected chi connectivity index (χ3v) is 2.19. The van der Waals surface area contributed by atoms with Crippen LogP contribution in [-0.4, -0.2) is 24.6 Å². The summed E-state index contributed by atoms with van der Waals surface area (Å²) in [6.45, 7) is 0.0599. The molecule has 0 aliphatic heterocycles. The van der Waals surface area contributed by atoms with Gasteiger partial charge in [-0.1, -0.05) is 24.3 Å². The zero-order valence-corrected chi connectivity index (χ0v) is 9.78. The number of benzene rings is 1. The molecular weight excluding hydrogens is 264 g/mol. The van der Waals surface area contributed by atoms with E-state index in [0.29, 0.717) is 0 Å². The minimum Gasteiger partial charge on any atom is -0.422 e. The smallest absolute Gasteiger partial charge is 0.422 e. The third kappa shape index (κ3) is 4.54. The van der Waals surface area contributed by atoms with E-state index in [9.17, 15) is 23.0 Å². The summed E-state index contributed by atoms with van der Waals surface area (Å²) in [6, 6.07) is 4.37. The van der Waals surface area contributed by atoms with Crippen molar-refractivity contribution in [1.29, 1.82) is 0 Å². The van der Waals surface area contributed by atoms with E-state index >= 15 is 0 Å². The highest BCUT2D eigenvalue weighted by Gasteiger charge is 2.37. The van der Waals surface area contributed by atoms with Crippen molar-refractivity contribution in [2.45, 2.75) is 12.6 Å². The summed E-state index contributed by atoms with van der Waals surface area (Å²) in [5.41, 5.74) is 5.41. The number of carbonyl (C=O) groups excluding carboxylic acids is 1. The van der Waals surface area contributed by atoms with Crippen LogP contribution in [0.4, 0.5) is 13.2 Å². The predicted molar refractivity (Wildman–Crippen MR) is 61.9 cm³/mol. The standard InChI is InChI=1S/C10H12BF3N2O3/c12-10(13,14)7-3-1-2-4-8(7)11(18)19-16-9(17)5-6-15/h1-4,18H,5-6,15H2,(H,16,17). The van der Waals surface area contributed by atoms with E-state index in [1.807, 2.05) is 5.48 Å². The molecule has 0 heterocycles. The van der Waals surface area contributed by atoms with E-state index in [1.54, 1.807) is 0 Å². The number of hydroxylamine groups is 1. The van der Waals surface area contributed by atoms with Crippen LogP contribution in [0.1, 0.15) is 12.0 Å². The quantitative estimate of drug-likeness (QED) is 0.513. The summed E-state index contributed by atoms with van der Waals surface area (Å²) < 4.78 is 42.5. The summed E-state index contributed by atoms with van der Waals surface area (Å²) in [6.07, 6.45) is -4.68. The van der Waals surface area contributed by atoms with Crippen LogP contribution in [0.15, 0.2) is 24.3 Å². The summed E-state index contributed by atoms with van der Waals surface area (Å²) in [5, 5.41) is 9.51. The van der Waals surface area contributed by atoms with Crippen molar-refractivity contribution in [1.82, 2.24) is 5.48 Å². The fourth-order valence-corrected chi connectivity index (χ4v) is 1.34. The van der Waals surface area contributed by atoms with Gasteiger partial charge in [0.1, 0.15) is 0 Å². The number of nitrogens with two attached hydrogens (primary N) is 1. The number of halogens is 3. The molecule has 104 valence electrons. The minimum atomic E-state index is -4.62. The van der Waals surface area contributed by atoms with Crippen molar-refractivity contribution in [3.05, 3.63) is 29.8 Å². The monoisotopic (exact) mass is 276 g/mol. The van der Waals surface area contributed by atoms with Crippen LogP contribution in [-0.2, 0) is 15.7 Å². The summed E-state index contributed by atoms with van der Waals surface area (Å²) >= 11 is 0. The Morgan fingerprint density at radius 1 is 1.42 bits per heavy atom. The maximum absolute atomic E-state index is 12.7. The molecule has 0 radical (unpaired) electrons. The number of hydrogen-bond donors (Lipinski definition) is 3. The van der Waals surface area contributed by atoms with Crippen molar-refractivity contribution >= 4 is 18.5 Å². The van der Waals surface area contributed by atoms with Crippen molar-refractivity contribution in [2.24, 2.45) is 5.73 Å². The predicted octanol–water partition coefficient (Wildman–Crippen LogP) is -0.210. The second-order valence-corrected chi connectivity index (χ2v) is 3.62. The highest BCUT2D eigenvalue weighted by molar-refractivity contribution is 6.60. The molecule has 1 amide bonds. The molecule has 9 heteroatoms. The highest BCUT2D eigenvalue weighted by Crippen LogP contribution is 2.27. The maximum atomic E-state index is 12.7.